The van der Waals surface area contributed by atoms with Gasteiger partial charge in [0.05, 0.1) is 0 Å². The largest absolute Gasteiger partial charge is 0.314 e. The summed E-state index contributed by atoms with van der Waals surface area (Å²) in [4.78, 5) is 9.79. The van der Waals surface area contributed by atoms with Crippen LogP contribution in [0, 0.1) is 0 Å². The molecule has 1 heterocycles. The highest BCUT2D eigenvalue weighted by Gasteiger charge is 2.25. The molecule has 2 saturated carbocycles. The molecule has 2 fully saturated rings. The first-order valence-electron chi connectivity index (χ1n) is 8.43. The van der Waals surface area contributed by atoms with E-state index in [0.717, 1.165) is 37.7 Å². The lowest BCUT2D eigenvalue weighted by atomic mass is 9.84. The second kappa shape index (κ2) is 6.21. The van der Waals surface area contributed by atoms with Crippen molar-refractivity contribution in [2.45, 2.75) is 77.2 Å². The molecule has 0 aromatic carbocycles. The Morgan fingerprint density at radius 1 is 1.00 bits per heavy atom. The minimum absolute atomic E-state index is 0.643. The Kier molecular flexibility index (Phi) is 4.35. The molecule has 0 saturated heterocycles. The predicted octanol–water partition coefficient (Wildman–Crippen LogP) is 3.16. The summed E-state index contributed by atoms with van der Waals surface area (Å²) in [6.45, 7) is 5.53. The molecule has 0 radical (unpaired) electrons. The van der Waals surface area contributed by atoms with Crippen LogP contribution in [0.3, 0.4) is 0 Å². The van der Waals surface area contributed by atoms with E-state index in [2.05, 4.69) is 19.2 Å². The molecule has 0 spiro atoms. The SMILES string of the molecule is CCc1nc(C2CCC2)nc(CC)c1CCNC1CC1. The van der Waals surface area contributed by atoms with Crippen molar-refractivity contribution >= 4 is 0 Å². The molecular formula is C17H27N3. The van der Waals surface area contributed by atoms with E-state index in [1.54, 1.807) is 0 Å². The van der Waals surface area contributed by atoms with Crippen LogP contribution in [0.4, 0.5) is 0 Å². The van der Waals surface area contributed by atoms with E-state index in [0.29, 0.717) is 5.92 Å². The van der Waals surface area contributed by atoms with Gasteiger partial charge in [-0.2, -0.15) is 0 Å². The zero-order chi connectivity index (χ0) is 13.9. The molecule has 2 aliphatic rings. The third kappa shape index (κ3) is 3.03. The van der Waals surface area contributed by atoms with Crippen LogP contribution in [-0.4, -0.2) is 22.6 Å². The van der Waals surface area contributed by atoms with E-state index < -0.39 is 0 Å². The molecule has 0 unspecified atom stereocenters. The molecule has 3 nitrogen and oxygen atoms in total. The fraction of sp³-hybridized carbons (Fsp3) is 0.765. The Bertz CT molecular complexity index is 436. The van der Waals surface area contributed by atoms with Crippen LogP contribution in [0.15, 0.2) is 0 Å². The number of hydrogen-bond donors (Lipinski definition) is 1. The summed E-state index contributed by atoms with van der Waals surface area (Å²) in [5.41, 5.74) is 4.03. The molecule has 0 aliphatic heterocycles. The molecule has 3 rings (SSSR count). The fourth-order valence-electron chi connectivity index (χ4n) is 3.01. The lowest BCUT2D eigenvalue weighted by molar-refractivity contribution is 0.398. The highest BCUT2D eigenvalue weighted by atomic mass is 14.9. The van der Waals surface area contributed by atoms with Crippen molar-refractivity contribution < 1.29 is 0 Å². The number of aromatic nitrogens is 2. The van der Waals surface area contributed by atoms with E-state index in [4.69, 9.17) is 9.97 Å². The molecular weight excluding hydrogens is 246 g/mol. The van der Waals surface area contributed by atoms with Crippen LogP contribution in [0.1, 0.15) is 74.6 Å². The van der Waals surface area contributed by atoms with Gasteiger partial charge in [0.2, 0.25) is 0 Å². The van der Waals surface area contributed by atoms with Crippen molar-refractivity contribution in [2.75, 3.05) is 6.54 Å². The maximum absolute atomic E-state index is 4.90. The molecule has 2 aliphatic carbocycles. The molecule has 1 aromatic rings. The molecule has 1 N–H and O–H groups in total. The molecule has 3 heteroatoms. The van der Waals surface area contributed by atoms with Crippen LogP contribution in [0.2, 0.25) is 0 Å². The smallest absolute Gasteiger partial charge is 0.131 e. The van der Waals surface area contributed by atoms with Gasteiger partial charge in [-0.15, -0.1) is 0 Å². The van der Waals surface area contributed by atoms with Gasteiger partial charge in [0, 0.05) is 23.3 Å². The van der Waals surface area contributed by atoms with Gasteiger partial charge in [0.25, 0.3) is 0 Å². The van der Waals surface area contributed by atoms with Crippen molar-refractivity contribution in [3.63, 3.8) is 0 Å². The Labute approximate surface area is 122 Å². The van der Waals surface area contributed by atoms with Crippen molar-refractivity contribution in [1.29, 1.82) is 0 Å². The van der Waals surface area contributed by atoms with Gasteiger partial charge in [-0.25, -0.2) is 9.97 Å². The van der Waals surface area contributed by atoms with Crippen molar-refractivity contribution in [2.24, 2.45) is 0 Å². The Morgan fingerprint density at radius 3 is 2.10 bits per heavy atom. The van der Waals surface area contributed by atoms with Crippen LogP contribution in [0.5, 0.6) is 0 Å². The minimum atomic E-state index is 0.643. The first-order valence-corrected chi connectivity index (χ1v) is 8.43. The van der Waals surface area contributed by atoms with E-state index >= 15 is 0 Å². The lowest BCUT2D eigenvalue weighted by Crippen LogP contribution is -2.22. The number of nitrogens with zero attached hydrogens (tertiary/aromatic N) is 2. The summed E-state index contributed by atoms with van der Waals surface area (Å²) in [7, 11) is 0. The average molecular weight is 273 g/mol. The first kappa shape index (κ1) is 14.0. The highest BCUT2D eigenvalue weighted by Crippen LogP contribution is 2.35. The molecule has 110 valence electrons. The van der Waals surface area contributed by atoms with Crippen LogP contribution in [0.25, 0.3) is 0 Å². The second-order valence-corrected chi connectivity index (χ2v) is 6.27. The van der Waals surface area contributed by atoms with E-state index in [1.807, 2.05) is 0 Å². The lowest BCUT2D eigenvalue weighted by Gasteiger charge is -2.25. The van der Waals surface area contributed by atoms with Gasteiger partial charge in [-0.3, -0.25) is 0 Å². The molecule has 1 aromatic heterocycles. The Hall–Kier alpha value is -0.960. The highest BCUT2D eigenvalue weighted by molar-refractivity contribution is 5.28. The summed E-state index contributed by atoms with van der Waals surface area (Å²) < 4.78 is 0. The zero-order valence-corrected chi connectivity index (χ0v) is 12.9. The summed E-state index contributed by atoms with van der Waals surface area (Å²) in [6, 6.07) is 0.792. The number of rotatable bonds is 7. The van der Waals surface area contributed by atoms with Gasteiger partial charge in [0.15, 0.2) is 0 Å². The standard InChI is InChI=1S/C17H27N3/c1-3-15-14(10-11-18-13-8-9-13)16(4-2)20-17(19-15)12-6-5-7-12/h12-13,18H,3-11H2,1-2H3. The summed E-state index contributed by atoms with van der Waals surface area (Å²) >= 11 is 0. The zero-order valence-electron chi connectivity index (χ0n) is 12.9. The topological polar surface area (TPSA) is 37.8 Å². The maximum Gasteiger partial charge on any atom is 0.131 e. The van der Waals surface area contributed by atoms with Crippen LogP contribution < -0.4 is 5.32 Å². The maximum atomic E-state index is 4.90. The van der Waals surface area contributed by atoms with Gasteiger partial charge in [0.1, 0.15) is 5.82 Å². The third-order valence-corrected chi connectivity index (χ3v) is 4.72. The third-order valence-electron chi connectivity index (χ3n) is 4.72. The van der Waals surface area contributed by atoms with Crippen molar-refractivity contribution in [3.05, 3.63) is 22.8 Å². The minimum Gasteiger partial charge on any atom is -0.314 e. The van der Waals surface area contributed by atoms with E-state index in [1.165, 1.54) is 49.1 Å². The van der Waals surface area contributed by atoms with Crippen molar-refractivity contribution in [1.82, 2.24) is 15.3 Å². The number of aryl methyl sites for hydroxylation is 2. The first-order chi connectivity index (χ1) is 9.81. The molecule has 0 bridgehead atoms. The van der Waals surface area contributed by atoms with Gasteiger partial charge in [-0.1, -0.05) is 20.3 Å². The van der Waals surface area contributed by atoms with Crippen LogP contribution in [-0.2, 0) is 19.3 Å². The number of hydrogen-bond acceptors (Lipinski definition) is 3. The summed E-state index contributed by atoms with van der Waals surface area (Å²) in [5, 5.41) is 3.61. The van der Waals surface area contributed by atoms with Crippen LogP contribution >= 0.6 is 0 Å². The Balaban J connectivity index is 1.77. The predicted molar refractivity (Wildman–Crippen MR) is 82.1 cm³/mol. The molecule has 0 atom stereocenters. The monoisotopic (exact) mass is 273 g/mol. The fourth-order valence-corrected chi connectivity index (χ4v) is 3.01. The Morgan fingerprint density at radius 2 is 1.65 bits per heavy atom. The van der Waals surface area contributed by atoms with E-state index in [9.17, 15) is 0 Å². The second-order valence-electron chi connectivity index (χ2n) is 6.27. The van der Waals surface area contributed by atoms with Crippen molar-refractivity contribution in [3.8, 4) is 0 Å². The number of nitrogens with one attached hydrogen (secondary N) is 1. The van der Waals surface area contributed by atoms with E-state index in [-0.39, 0.29) is 0 Å². The van der Waals surface area contributed by atoms with Gasteiger partial charge >= 0.3 is 0 Å². The molecule has 20 heavy (non-hydrogen) atoms. The van der Waals surface area contributed by atoms with Gasteiger partial charge < -0.3 is 5.32 Å². The van der Waals surface area contributed by atoms with Gasteiger partial charge in [-0.05, 0) is 57.1 Å². The average Bonchev–Trinajstić information content (AvgIpc) is 3.21. The molecule has 0 amide bonds. The summed E-state index contributed by atoms with van der Waals surface area (Å²) in [5.74, 6) is 1.77. The normalized spacial score (nSPS) is 19.1. The quantitative estimate of drug-likeness (QED) is 0.829. The summed E-state index contributed by atoms with van der Waals surface area (Å²) in [6.07, 6.45) is 9.81.